The maximum absolute atomic E-state index is 12.6. The molecular weight excluding hydrogens is 384 g/mol. The summed E-state index contributed by atoms with van der Waals surface area (Å²) < 4.78 is 43.0. The topological polar surface area (TPSA) is 103 Å². The zero-order valence-corrected chi connectivity index (χ0v) is 16.8. The van der Waals surface area contributed by atoms with E-state index in [-0.39, 0.29) is 17.4 Å². The summed E-state index contributed by atoms with van der Waals surface area (Å²) >= 11 is 0. The Balaban J connectivity index is 2.02. The molecule has 0 bridgehead atoms. The molecular formula is C19H24N2O6S. The Labute approximate surface area is 164 Å². The average molecular weight is 408 g/mol. The SMILES string of the molecule is COCCNC(=O)COc1ccc(S(=O)(=O)Nc2ccc(OC)cc2)cc1C. The molecule has 0 saturated carbocycles. The zero-order valence-electron chi connectivity index (χ0n) is 16.0. The number of sulfonamides is 1. The first-order valence-electron chi connectivity index (χ1n) is 8.51. The Bertz CT molecular complexity index is 897. The molecule has 9 heteroatoms. The highest BCUT2D eigenvalue weighted by molar-refractivity contribution is 7.92. The van der Waals surface area contributed by atoms with Gasteiger partial charge < -0.3 is 19.5 Å². The van der Waals surface area contributed by atoms with Crippen LogP contribution in [-0.2, 0) is 19.6 Å². The van der Waals surface area contributed by atoms with Crippen LogP contribution in [0.5, 0.6) is 11.5 Å². The van der Waals surface area contributed by atoms with E-state index in [0.717, 1.165) is 0 Å². The summed E-state index contributed by atoms with van der Waals surface area (Å²) in [6.07, 6.45) is 0. The van der Waals surface area contributed by atoms with E-state index in [1.54, 1.807) is 38.3 Å². The number of carbonyl (C=O) groups excluding carboxylic acids is 1. The highest BCUT2D eigenvalue weighted by Gasteiger charge is 2.16. The standard InChI is InChI=1S/C19H24N2O6S/c1-14-12-17(8-9-18(14)27-13-19(22)20-10-11-25-2)28(23,24)21-15-4-6-16(26-3)7-5-15/h4-9,12,21H,10-11,13H2,1-3H3,(H,20,22). The molecule has 0 unspecified atom stereocenters. The summed E-state index contributed by atoms with van der Waals surface area (Å²) in [6.45, 7) is 2.36. The van der Waals surface area contributed by atoms with Crippen LogP contribution in [0.3, 0.4) is 0 Å². The minimum Gasteiger partial charge on any atom is -0.497 e. The van der Waals surface area contributed by atoms with Crippen molar-refractivity contribution in [3.63, 3.8) is 0 Å². The molecule has 0 aliphatic heterocycles. The van der Waals surface area contributed by atoms with Gasteiger partial charge in [0, 0.05) is 19.3 Å². The van der Waals surface area contributed by atoms with E-state index in [1.807, 2.05) is 0 Å². The number of carbonyl (C=O) groups is 1. The number of ether oxygens (including phenoxy) is 3. The van der Waals surface area contributed by atoms with E-state index in [4.69, 9.17) is 14.2 Å². The van der Waals surface area contributed by atoms with Crippen LogP contribution in [0.1, 0.15) is 5.56 Å². The number of aryl methyl sites for hydroxylation is 1. The van der Waals surface area contributed by atoms with Crippen LogP contribution in [0.25, 0.3) is 0 Å². The van der Waals surface area contributed by atoms with Gasteiger partial charge in [0.15, 0.2) is 6.61 Å². The van der Waals surface area contributed by atoms with Gasteiger partial charge >= 0.3 is 0 Å². The smallest absolute Gasteiger partial charge is 0.261 e. The van der Waals surface area contributed by atoms with Gasteiger partial charge in [0.25, 0.3) is 15.9 Å². The van der Waals surface area contributed by atoms with Crippen LogP contribution in [0.4, 0.5) is 5.69 Å². The minimum atomic E-state index is -3.76. The molecule has 1 amide bonds. The minimum absolute atomic E-state index is 0.0951. The second-order valence-corrected chi connectivity index (χ2v) is 7.58. The highest BCUT2D eigenvalue weighted by Crippen LogP contribution is 2.24. The van der Waals surface area contributed by atoms with Gasteiger partial charge in [0.2, 0.25) is 0 Å². The third-order valence-corrected chi connectivity index (χ3v) is 5.17. The molecule has 0 atom stereocenters. The number of rotatable bonds is 10. The molecule has 0 spiro atoms. The first-order chi connectivity index (χ1) is 13.4. The maximum atomic E-state index is 12.6. The summed E-state index contributed by atoms with van der Waals surface area (Å²) in [5, 5.41) is 2.64. The molecule has 0 saturated heterocycles. The molecule has 0 aromatic heterocycles. The van der Waals surface area contributed by atoms with Gasteiger partial charge in [-0.15, -0.1) is 0 Å². The Kier molecular flexibility index (Phi) is 7.65. The van der Waals surface area contributed by atoms with Crippen LogP contribution in [-0.4, -0.2) is 48.3 Å². The van der Waals surface area contributed by atoms with Crippen molar-refractivity contribution in [2.75, 3.05) is 38.7 Å². The number of amides is 1. The van der Waals surface area contributed by atoms with Gasteiger partial charge in [-0.3, -0.25) is 9.52 Å². The Morgan fingerprint density at radius 3 is 2.39 bits per heavy atom. The van der Waals surface area contributed by atoms with E-state index >= 15 is 0 Å². The number of methoxy groups -OCH3 is 2. The molecule has 8 nitrogen and oxygen atoms in total. The quantitative estimate of drug-likeness (QED) is 0.583. The highest BCUT2D eigenvalue weighted by atomic mass is 32.2. The zero-order chi connectivity index (χ0) is 20.6. The summed E-state index contributed by atoms with van der Waals surface area (Å²) in [7, 11) is -0.675. The second kappa shape index (κ2) is 9.95. The van der Waals surface area contributed by atoms with Gasteiger partial charge in [0.05, 0.1) is 18.6 Å². The Morgan fingerprint density at radius 2 is 1.79 bits per heavy atom. The molecule has 2 aromatic rings. The number of anilines is 1. The first-order valence-corrected chi connectivity index (χ1v) is 10.00. The van der Waals surface area contributed by atoms with Gasteiger partial charge in [-0.25, -0.2) is 8.42 Å². The van der Waals surface area contributed by atoms with Crippen molar-refractivity contribution < 1.29 is 27.4 Å². The van der Waals surface area contributed by atoms with Crippen molar-refractivity contribution in [1.82, 2.24) is 5.32 Å². The van der Waals surface area contributed by atoms with E-state index < -0.39 is 10.0 Å². The molecule has 152 valence electrons. The van der Waals surface area contributed by atoms with E-state index in [1.165, 1.54) is 25.3 Å². The molecule has 2 aromatic carbocycles. The number of hydrogen-bond acceptors (Lipinski definition) is 6. The third-order valence-electron chi connectivity index (χ3n) is 3.79. The molecule has 0 radical (unpaired) electrons. The molecule has 0 aliphatic rings. The number of hydrogen-bond donors (Lipinski definition) is 2. The molecule has 28 heavy (non-hydrogen) atoms. The van der Waals surface area contributed by atoms with E-state index in [2.05, 4.69) is 10.0 Å². The lowest BCUT2D eigenvalue weighted by Crippen LogP contribution is -2.31. The Morgan fingerprint density at radius 1 is 1.07 bits per heavy atom. The molecule has 0 fully saturated rings. The fourth-order valence-electron chi connectivity index (χ4n) is 2.31. The van der Waals surface area contributed by atoms with Crippen molar-refractivity contribution in [2.45, 2.75) is 11.8 Å². The van der Waals surface area contributed by atoms with Crippen LogP contribution < -0.4 is 19.5 Å². The largest absolute Gasteiger partial charge is 0.497 e. The first kappa shape index (κ1) is 21.5. The lowest BCUT2D eigenvalue weighted by Gasteiger charge is -2.12. The normalized spacial score (nSPS) is 11.0. The lowest BCUT2D eigenvalue weighted by molar-refractivity contribution is -0.123. The van der Waals surface area contributed by atoms with E-state index in [9.17, 15) is 13.2 Å². The maximum Gasteiger partial charge on any atom is 0.261 e. The molecule has 0 heterocycles. The number of nitrogens with one attached hydrogen (secondary N) is 2. The predicted octanol–water partition coefficient (Wildman–Crippen LogP) is 1.95. The summed E-state index contributed by atoms with van der Waals surface area (Å²) in [6, 6.07) is 11.0. The summed E-state index contributed by atoms with van der Waals surface area (Å²) in [4.78, 5) is 11.8. The van der Waals surface area contributed by atoms with Crippen LogP contribution >= 0.6 is 0 Å². The summed E-state index contributed by atoms with van der Waals surface area (Å²) in [5.74, 6) is 0.783. The van der Waals surface area contributed by atoms with Crippen LogP contribution in [0.15, 0.2) is 47.4 Å². The summed E-state index contributed by atoms with van der Waals surface area (Å²) in [5.41, 5.74) is 1.02. The van der Waals surface area contributed by atoms with Gasteiger partial charge in [0.1, 0.15) is 11.5 Å². The van der Waals surface area contributed by atoms with Gasteiger partial charge in [-0.05, 0) is 55.0 Å². The predicted molar refractivity (Wildman–Crippen MR) is 105 cm³/mol. The van der Waals surface area contributed by atoms with Crippen molar-refractivity contribution in [1.29, 1.82) is 0 Å². The van der Waals surface area contributed by atoms with Crippen molar-refractivity contribution >= 4 is 21.6 Å². The van der Waals surface area contributed by atoms with Crippen molar-refractivity contribution in [2.24, 2.45) is 0 Å². The fraction of sp³-hybridized carbons (Fsp3) is 0.316. The van der Waals surface area contributed by atoms with Crippen LogP contribution in [0.2, 0.25) is 0 Å². The average Bonchev–Trinajstić information content (AvgIpc) is 2.67. The van der Waals surface area contributed by atoms with Crippen LogP contribution in [0, 0.1) is 6.92 Å². The van der Waals surface area contributed by atoms with Gasteiger partial charge in [-0.2, -0.15) is 0 Å². The number of benzene rings is 2. The molecule has 2 rings (SSSR count). The lowest BCUT2D eigenvalue weighted by atomic mass is 10.2. The Hall–Kier alpha value is -2.78. The van der Waals surface area contributed by atoms with Gasteiger partial charge in [-0.1, -0.05) is 0 Å². The van der Waals surface area contributed by atoms with E-state index in [0.29, 0.717) is 35.9 Å². The third kappa shape index (κ3) is 6.14. The molecule has 2 N–H and O–H groups in total. The second-order valence-electron chi connectivity index (χ2n) is 5.89. The molecule has 0 aliphatic carbocycles. The van der Waals surface area contributed by atoms with Crippen molar-refractivity contribution in [3.8, 4) is 11.5 Å². The monoisotopic (exact) mass is 408 g/mol. The fourth-order valence-corrected chi connectivity index (χ4v) is 3.45. The van der Waals surface area contributed by atoms with Crippen molar-refractivity contribution in [3.05, 3.63) is 48.0 Å².